The van der Waals surface area contributed by atoms with E-state index in [2.05, 4.69) is 0 Å². The highest BCUT2D eigenvalue weighted by Gasteiger charge is 1.88. The van der Waals surface area contributed by atoms with Gasteiger partial charge in [-0.05, 0) is 18.4 Å². The summed E-state index contributed by atoms with van der Waals surface area (Å²) in [5.41, 5.74) is 1.18. The van der Waals surface area contributed by atoms with Crippen LogP contribution in [0.25, 0.3) is 0 Å². The molecule has 1 nitrogen and oxygen atoms in total. The van der Waals surface area contributed by atoms with Crippen LogP contribution in [0.5, 0.6) is 0 Å². The molecule has 0 aliphatic carbocycles. The molecule has 0 fully saturated rings. The van der Waals surface area contributed by atoms with Crippen molar-refractivity contribution >= 4 is 0 Å². The van der Waals surface area contributed by atoms with E-state index in [4.69, 9.17) is 5.11 Å². The highest BCUT2D eigenvalue weighted by molar-refractivity contribution is 5.21. The molecule has 1 N–H and O–H groups in total. The highest BCUT2D eigenvalue weighted by atomic mass is 16.2. The quantitative estimate of drug-likeness (QED) is 0.667. The zero-order valence-corrected chi connectivity index (χ0v) is 5.83. The second-order valence-electron chi connectivity index (χ2n) is 2.13. The second kappa shape index (κ2) is 4.07. The van der Waals surface area contributed by atoms with Gasteiger partial charge >= 0.3 is 0 Å². The molecule has 1 aromatic carbocycles. The number of rotatable bonds is 3. The maximum absolute atomic E-state index is 8.50. The van der Waals surface area contributed by atoms with Crippen molar-refractivity contribution < 1.29 is 5.11 Å². The smallest absolute Gasteiger partial charge is 0.0437 e. The van der Waals surface area contributed by atoms with Crippen LogP contribution >= 0.6 is 0 Å². The molecule has 0 amide bonds. The fourth-order valence-corrected chi connectivity index (χ4v) is 0.820. The first-order chi connectivity index (χ1) is 4.93. The van der Waals surface area contributed by atoms with Gasteiger partial charge < -0.3 is 5.11 Å². The van der Waals surface area contributed by atoms with E-state index in [1.54, 1.807) is 0 Å². The Morgan fingerprint density at radius 1 is 1.20 bits per heavy atom. The predicted octanol–water partition coefficient (Wildman–Crippen LogP) is 1.62. The van der Waals surface area contributed by atoms with Crippen LogP contribution in [0, 0.1) is 6.42 Å². The standard InChI is InChI=1S/C9H11O/c10-8-4-7-9-5-2-1-3-6-9/h1-3,5-7,10H,4,8H2. The fraction of sp³-hybridized carbons (Fsp3) is 0.222. The molecule has 1 heteroatoms. The number of hydrogen-bond acceptors (Lipinski definition) is 1. The Balaban J connectivity index is 2.43. The molecule has 0 saturated carbocycles. The van der Waals surface area contributed by atoms with Crippen LogP contribution in [0.3, 0.4) is 0 Å². The summed E-state index contributed by atoms with van der Waals surface area (Å²) in [6, 6.07) is 10.0. The molecule has 10 heavy (non-hydrogen) atoms. The third-order valence-electron chi connectivity index (χ3n) is 1.31. The van der Waals surface area contributed by atoms with Gasteiger partial charge in [0.2, 0.25) is 0 Å². The minimum atomic E-state index is 0.231. The van der Waals surface area contributed by atoms with Gasteiger partial charge in [0.1, 0.15) is 0 Å². The fourth-order valence-electron chi connectivity index (χ4n) is 0.820. The van der Waals surface area contributed by atoms with Crippen LogP contribution < -0.4 is 0 Å². The summed E-state index contributed by atoms with van der Waals surface area (Å²) in [7, 11) is 0. The van der Waals surface area contributed by atoms with Gasteiger partial charge in [0.05, 0.1) is 0 Å². The highest BCUT2D eigenvalue weighted by Crippen LogP contribution is 2.03. The number of aliphatic hydroxyl groups is 1. The molecule has 0 unspecified atom stereocenters. The van der Waals surface area contributed by atoms with Crippen molar-refractivity contribution in [1.29, 1.82) is 0 Å². The summed E-state index contributed by atoms with van der Waals surface area (Å²) in [5, 5.41) is 8.50. The molecule has 0 heterocycles. The van der Waals surface area contributed by atoms with Gasteiger partial charge in [-0.1, -0.05) is 30.3 Å². The molecule has 53 valence electrons. The Hall–Kier alpha value is -0.820. The minimum Gasteiger partial charge on any atom is -0.396 e. The van der Waals surface area contributed by atoms with Crippen molar-refractivity contribution in [3.63, 3.8) is 0 Å². The second-order valence-corrected chi connectivity index (χ2v) is 2.13. The topological polar surface area (TPSA) is 20.2 Å². The lowest BCUT2D eigenvalue weighted by molar-refractivity contribution is 0.299. The Morgan fingerprint density at radius 3 is 2.50 bits per heavy atom. The maximum atomic E-state index is 8.50. The van der Waals surface area contributed by atoms with Crippen LogP contribution in [-0.4, -0.2) is 11.7 Å². The molecule has 0 aliphatic heterocycles. The molecule has 0 saturated heterocycles. The van der Waals surface area contributed by atoms with Crippen LogP contribution in [0.4, 0.5) is 0 Å². The van der Waals surface area contributed by atoms with E-state index in [9.17, 15) is 0 Å². The molecule has 0 bridgehead atoms. The number of aliphatic hydroxyl groups excluding tert-OH is 1. The third-order valence-corrected chi connectivity index (χ3v) is 1.31. The molecule has 0 aromatic heterocycles. The summed E-state index contributed by atoms with van der Waals surface area (Å²) in [4.78, 5) is 0. The van der Waals surface area contributed by atoms with Gasteiger partial charge in [0.25, 0.3) is 0 Å². The average Bonchev–Trinajstić information content (AvgIpc) is 2.03. The van der Waals surface area contributed by atoms with E-state index in [-0.39, 0.29) is 6.61 Å². The summed E-state index contributed by atoms with van der Waals surface area (Å²) in [6.45, 7) is 0.231. The zero-order chi connectivity index (χ0) is 7.23. The lowest BCUT2D eigenvalue weighted by Gasteiger charge is -1.95. The minimum absolute atomic E-state index is 0.231. The molecule has 1 radical (unpaired) electrons. The van der Waals surface area contributed by atoms with E-state index < -0.39 is 0 Å². The Morgan fingerprint density at radius 2 is 1.90 bits per heavy atom. The van der Waals surface area contributed by atoms with Crippen molar-refractivity contribution in [3.8, 4) is 0 Å². The average molecular weight is 135 g/mol. The molecule has 1 rings (SSSR count). The lowest BCUT2D eigenvalue weighted by atomic mass is 10.1. The molecule has 0 spiro atoms. The maximum Gasteiger partial charge on any atom is 0.0437 e. The Bertz CT molecular complexity index is 169. The number of benzene rings is 1. The van der Waals surface area contributed by atoms with Crippen LogP contribution in [-0.2, 0) is 0 Å². The van der Waals surface area contributed by atoms with Gasteiger partial charge in [-0.15, -0.1) is 0 Å². The van der Waals surface area contributed by atoms with E-state index in [1.165, 1.54) is 5.56 Å². The van der Waals surface area contributed by atoms with Crippen molar-refractivity contribution in [3.05, 3.63) is 42.3 Å². The van der Waals surface area contributed by atoms with Crippen LogP contribution in [0.15, 0.2) is 30.3 Å². The van der Waals surface area contributed by atoms with Gasteiger partial charge in [0, 0.05) is 6.61 Å². The number of hydrogen-bond donors (Lipinski definition) is 1. The first kappa shape index (κ1) is 7.29. The SMILES string of the molecule is OCC[CH]c1ccccc1. The van der Waals surface area contributed by atoms with Crippen LogP contribution in [0.1, 0.15) is 12.0 Å². The largest absolute Gasteiger partial charge is 0.396 e. The van der Waals surface area contributed by atoms with Crippen molar-refractivity contribution in [1.82, 2.24) is 0 Å². The van der Waals surface area contributed by atoms with Gasteiger partial charge in [0.15, 0.2) is 0 Å². The Labute approximate surface area is 61.3 Å². The summed E-state index contributed by atoms with van der Waals surface area (Å²) in [5.74, 6) is 0. The Kier molecular flexibility index (Phi) is 2.97. The van der Waals surface area contributed by atoms with Crippen molar-refractivity contribution in [2.24, 2.45) is 0 Å². The van der Waals surface area contributed by atoms with Gasteiger partial charge in [-0.25, -0.2) is 0 Å². The molecular weight excluding hydrogens is 124 g/mol. The van der Waals surface area contributed by atoms with Gasteiger partial charge in [-0.2, -0.15) is 0 Å². The summed E-state index contributed by atoms with van der Waals surface area (Å²) in [6.07, 6.45) is 2.75. The lowest BCUT2D eigenvalue weighted by Crippen LogP contribution is -1.84. The monoisotopic (exact) mass is 135 g/mol. The first-order valence-electron chi connectivity index (χ1n) is 3.42. The molecule has 0 atom stereocenters. The van der Waals surface area contributed by atoms with E-state index in [0.29, 0.717) is 0 Å². The van der Waals surface area contributed by atoms with Crippen molar-refractivity contribution in [2.75, 3.05) is 6.61 Å². The molecular formula is C9H11O. The third kappa shape index (κ3) is 2.19. The zero-order valence-electron chi connectivity index (χ0n) is 5.83. The molecule has 0 aliphatic rings. The van der Waals surface area contributed by atoms with E-state index in [1.807, 2.05) is 36.8 Å². The predicted molar refractivity (Wildman–Crippen MR) is 41.5 cm³/mol. The van der Waals surface area contributed by atoms with Gasteiger partial charge in [-0.3, -0.25) is 0 Å². The molecule has 1 aromatic rings. The van der Waals surface area contributed by atoms with Crippen LogP contribution in [0.2, 0.25) is 0 Å². The normalized spacial score (nSPS) is 9.70. The van der Waals surface area contributed by atoms with E-state index >= 15 is 0 Å². The van der Waals surface area contributed by atoms with E-state index in [0.717, 1.165) is 6.42 Å². The summed E-state index contributed by atoms with van der Waals surface area (Å²) < 4.78 is 0. The summed E-state index contributed by atoms with van der Waals surface area (Å²) >= 11 is 0. The first-order valence-corrected chi connectivity index (χ1v) is 3.42. The van der Waals surface area contributed by atoms with Crippen molar-refractivity contribution in [2.45, 2.75) is 6.42 Å².